The second kappa shape index (κ2) is 3.85. The van der Waals surface area contributed by atoms with Crippen LogP contribution in [0.25, 0.3) is 5.57 Å². The van der Waals surface area contributed by atoms with Gasteiger partial charge in [0.2, 0.25) is 0 Å². The first-order valence-corrected chi connectivity index (χ1v) is 4.00. The molecule has 3 heteroatoms. The number of hydrogen-bond acceptors (Lipinski definition) is 3. The third kappa shape index (κ3) is 2.15. The molecule has 0 aliphatic carbocycles. The minimum absolute atomic E-state index is 0.110. The fourth-order valence-corrected chi connectivity index (χ4v) is 1.00. The van der Waals surface area contributed by atoms with Crippen LogP contribution in [0.1, 0.15) is 19.4 Å². The summed E-state index contributed by atoms with van der Waals surface area (Å²) >= 11 is 0. The zero-order valence-corrected chi connectivity index (χ0v) is 7.74. The summed E-state index contributed by atoms with van der Waals surface area (Å²) in [6.45, 7) is 3.27. The lowest BCUT2D eigenvalue weighted by Gasteiger charge is -2.03. The molecule has 0 amide bonds. The summed E-state index contributed by atoms with van der Waals surface area (Å²) in [5.74, 6) is -0.110. The van der Waals surface area contributed by atoms with Gasteiger partial charge in [0.25, 0.3) is 0 Å². The van der Waals surface area contributed by atoms with E-state index in [4.69, 9.17) is 5.73 Å². The summed E-state index contributed by atoms with van der Waals surface area (Å²) in [5, 5.41) is 0. The number of carbonyl (C=O) groups is 1. The Bertz CT molecular complexity index is 341. The van der Waals surface area contributed by atoms with Gasteiger partial charge in [-0.25, -0.2) is 0 Å². The van der Waals surface area contributed by atoms with Crippen LogP contribution in [0.15, 0.2) is 30.2 Å². The van der Waals surface area contributed by atoms with E-state index in [2.05, 4.69) is 4.98 Å². The molecule has 0 fully saturated rings. The molecule has 68 valence electrons. The van der Waals surface area contributed by atoms with Gasteiger partial charge in [0, 0.05) is 19.3 Å². The second-order valence-corrected chi connectivity index (χ2v) is 2.84. The van der Waals surface area contributed by atoms with Gasteiger partial charge in [-0.15, -0.1) is 0 Å². The van der Waals surface area contributed by atoms with Crippen molar-refractivity contribution in [1.29, 1.82) is 0 Å². The van der Waals surface area contributed by atoms with Crippen LogP contribution in [0, 0.1) is 0 Å². The van der Waals surface area contributed by atoms with Crippen molar-refractivity contribution in [3.63, 3.8) is 0 Å². The quantitative estimate of drug-likeness (QED) is 0.692. The van der Waals surface area contributed by atoms with Gasteiger partial charge < -0.3 is 5.73 Å². The van der Waals surface area contributed by atoms with E-state index in [-0.39, 0.29) is 5.78 Å². The van der Waals surface area contributed by atoms with Gasteiger partial charge in [-0.3, -0.25) is 9.78 Å². The number of hydrogen-bond donors (Lipinski definition) is 1. The van der Waals surface area contributed by atoms with Crippen molar-refractivity contribution in [2.24, 2.45) is 5.73 Å². The van der Waals surface area contributed by atoms with Gasteiger partial charge in [0.15, 0.2) is 5.78 Å². The average molecular weight is 176 g/mol. The first-order chi connectivity index (χ1) is 6.13. The van der Waals surface area contributed by atoms with Crippen LogP contribution in [-0.4, -0.2) is 10.8 Å². The van der Waals surface area contributed by atoms with Crippen molar-refractivity contribution in [1.82, 2.24) is 4.98 Å². The largest absolute Gasteiger partial charge is 0.396 e. The smallest absolute Gasteiger partial charge is 0.175 e. The van der Waals surface area contributed by atoms with Crippen LogP contribution >= 0.6 is 0 Å². The second-order valence-electron chi connectivity index (χ2n) is 2.84. The van der Waals surface area contributed by atoms with Crippen LogP contribution in [0.3, 0.4) is 0 Å². The summed E-state index contributed by atoms with van der Waals surface area (Å²) in [5.41, 5.74) is 7.56. The Kier molecular flexibility index (Phi) is 2.80. The zero-order chi connectivity index (χ0) is 9.84. The number of allylic oxidation sites excluding steroid dienone is 2. The Morgan fingerprint density at radius 2 is 2.15 bits per heavy atom. The fraction of sp³-hybridized carbons (Fsp3) is 0.200. The molecule has 0 atom stereocenters. The standard InChI is InChI=1S/C10H12N2O/c1-7(10(11)8(2)13)9-4-3-5-12-6-9/h3-6H,11H2,1-2H3/b10-7+. The molecule has 1 heterocycles. The molecule has 2 N–H and O–H groups in total. The highest BCUT2D eigenvalue weighted by Gasteiger charge is 2.04. The van der Waals surface area contributed by atoms with Crippen LogP contribution in [0.4, 0.5) is 0 Å². The molecule has 13 heavy (non-hydrogen) atoms. The highest BCUT2D eigenvalue weighted by molar-refractivity contribution is 5.99. The lowest BCUT2D eigenvalue weighted by molar-refractivity contribution is -0.113. The van der Waals surface area contributed by atoms with E-state index in [1.54, 1.807) is 12.4 Å². The molecule has 0 aliphatic rings. The molecule has 0 aromatic carbocycles. The van der Waals surface area contributed by atoms with Gasteiger partial charge >= 0.3 is 0 Å². The first kappa shape index (κ1) is 9.45. The van der Waals surface area contributed by atoms with Crippen LogP contribution in [0.5, 0.6) is 0 Å². The number of nitrogens with zero attached hydrogens (tertiary/aromatic N) is 1. The van der Waals surface area contributed by atoms with E-state index in [1.165, 1.54) is 6.92 Å². The van der Waals surface area contributed by atoms with Crippen molar-refractivity contribution in [3.05, 3.63) is 35.8 Å². The van der Waals surface area contributed by atoms with E-state index in [0.717, 1.165) is 11.1 Å². The van der Waals surface area contributed by atoms with Crippen molar-refractivity contribution in [2.75, 3.05) is 0 Å². The first-order valence-electron chi connectivity index (χ1n) is 4.00. The number of nitrogens with two attached hydrogens (primary N) is 1. The molecule has 1 aromatic rings. The van der Waals surface area contributed by atoms with Crippen LogP contribution < -0.4 is 5.73 Å². The molecule has 1 aromatic heterocycles. The molecule has 1 rings (SSSR count). The third-order valence-electron chi connectivity index (χ3n) is 1.88. The fourth-order valence-electron chi connectivity index (χ4n) is 1.00. The van der Waals surface area contributed by atoms with E-state index < -0.39 is 0 Å². The molecular formula is C10H12N2O. The zero-order valence-electron chi connectivity index (χ0n) is 7.74. The molecular weight excluding hydrogens is 164 g/mol. The summed E-state index contributed by atoms with van der Waals surface area (Å²) in [6, 6.07) is 3.68. The topological polar surface area (TPSA) is 56.0 Å². The third-order valence-corrected chi connectivity index (χ3v) is 1.88. The lowest BCUT2D eigenvalue weighted by Crippen LogP contribution is -2.09. The number of Topliss-reactive ketones (excluding diaryl/α,β-unsaturated/α-hetero) is 1. The normalized spacial score (nSPS) is 12.2. The Labute approximate surface area is 77.3 Å². The van der Waals surface area contributed by atoms with Crippen molar-refractivity contribution in [2.45, 2.75) is 13.8 Å². The molecule has 0 aliphatic heterocycles. The summed E-state index contributed by atoms with van der Waals surface area (Å²) in [4.78, 5) is 14.9. The highest BCUT2D eigenvalue weighted by atomic mass is 16.1. The van der Waals surface area contributed by atoms with Gasteiger partial charge in [-0.1, -0.05) is 6.07 Å². The Hall–Kier alpha value is -1.64. The lowest BCUT2D eigenvalue weighted by atomic mass is 10.1. The Morgan fingerprint density at radius 3 is 2.62 bits per heavy atom. The van der Waals surface area contributed by atoms with Crippen LogP contribution in [0.2, 0.25) is 0 Å². The predicted octanol–water partition coefficient (Wildman–Crippen LogP) is 1.36. The number of rotatable bonds is 2. The minimum atomic E-state index is -0.110. The van der Waals surface area contributed by atoms with Gasteiger partial charge in [0.05, 0.1) is 5.70 Å². The summed E-state index contributed by atoms with van der Waals surface area (Å²) in [6.07, 6.45) is 3.37. The maximum Gasteiger partial charge on any atom is 0.175 e. The molecule has 0 unspecified atom stereocenters. The number of carbonyl (C=O) groups excluding carboxylic acids is 1. The highest BCUT2D eigenvalue weighted by Crippen LogP contribution is 2.14. The average Bonchev–Trinajstić information content (AvgIpc) is 2.17. The van der Waals surface area contributed by atoms with Crippen molar-refractivity contribution < 1.29 is 4.79 Å². The number of aromatic nitrogens is 1. The van der Waals surface area contributed by atoms with E-state index >= 15 is 0 Å². The number of ketones is 1. The van der Waals surface area contributed by atoms with Gasteiger partial charge in [-0.05, 0) is 24.1 Å². The molecule has 0 saturated carbocycles. The molecule has 0 spiro atoms. The minimum Gasteiger partial charge on any atom is -0.396 e. The molecule has 0 radical (unpaired) electrons. The van der Waals surface area contributed by atoms with E-state index in [0.29, 0.717) is 5.70 Å². The molecule has 0 bridgehead atoms. The van der Waals surface area contributed by atoms with Gasteiger partial charge in [-0.2, -0.15) is 0 Å². The summed E-state index contributed by atoms with van der Waals surface area (Å²) in [7, 11) is 0. The van der Waals surface area contributed by atoms with E-state index in [1.807, 2.05) is 19.1 Å². The van der Waals surface area contributed by atoms with Crippen molar-refractivity contribution in [3.8, 4) is 0 Å². The maximum atomic E-state index is 11.0. The predicted molar refractivity (Wildman–Crippen MR) is 51.7 cm³/mol. The molecule has 0 saturated heterocycles. The van der Waals surface area contributed by atoms with E-state index in [9.17, 15) is 4.79 Å². The maximum absolute atomic E-state index is 11.0. The van der Waals surface area contributed by atoms with Crippen molar-refractivity contribution >= 4 is 11.4 Å². The van der Waals surface area contributed by atoms with Crippen LogP contribution in [-0.2, 0) is 4.79 Å². The molecule has 3 nitrogen and oxygen atoms in total. The summed E-state index contributed by atoms with van der Waals surface area (Å²) < 4.78 is 0. The SMILES string of the molecule is CC(=O)/C(N)=C(/C)c1cccnc1. The monoisotopic (exact) mass is 176 g/mol. The van der Waals surface area contributed by atoms with Gasteiger partial charge in [0.1, 0.15) is 0 Å². The Morgan fingerprint density at radius 1 is 1.46 bits per heavy atom. The number of pyridine rings is 1. The Balaban J connectivity index is 3.11.